The second kappa shape index (κ2) is 5.20. The van der Waals surface area contributed by atoms with Crippen LogP contribution in [0.1, 0.15) is 15.9 Å². The van der Waals surface area contributed by atoms with Crippen molar-refractivity contribution in [3.8, 4) is 0 Å². The minimum absolute atomic E-state index is 0.227. The molecule has 0 spiro atoms. The summed E-state index contributed by atoms with van der Waals surface area (Å²) in [5, 5.41) is 2.87. The van der Waals surface area contributed by atoms with E-state index < -0.39 is 0 Å². The molecule has 3 aromatic rings. The summed E-state index contributed by atoms with van der Waals surface area (Å²) < 4.78 is 0. The van der Waals surface area contributed by atoms with Crippen molar-refractivity contribution < 1.29 is 4.79 Å². The van der Waals surface area contributed by atoms with Gasteiger partial charge >= 0.3 is 0 Å². The molecular formula is C16H14N4O. The summed E-state index contributed by atoms with van der Waals surface area (Å²) in [6.45, 7) is 1.87. The van der Waals surface area contributed by atoms with E-state index in [4.69, 9.17) is 5.73 Å². The third kappa shape index (κ3) is 2.41. The number of benzene rings is 2. The zero-order valence-corrected chi connectivity index (χ0v) is 11.5. The van der Waals surface area contributed by atoms with Gasteiger partial charge in [0.15, 0.2) is 0 Å². The third-order valence-electron chi connectivity index (χ3n) is 3.37. The molecule has 21 heavy (non-hydrogen) atoms. The van der Waals surface area contributed by atoms with Gasteiger partial charge in [0.2, 0.25) is 0 Å². The van der Waals surface area contributed by atoms with Gasteiger partial charge in [0.1, 0.15) is 5.52 Å². The van der Waals surface area contributed by atoms with E-state index in [1.165, 1.54) is 0 Å². The molecule has 104 valence electrons. The minimum atomic E-state index is -0.227. The molecule has 1 amide bonds. The minimum Gasteiger partial charge on any atom is -0.398 e. The maximum absolute atomic E-state index is 12.5. The van der Waals surface area contributed by atoms with Gasteiger partial charge in [0.05, 0.1) is 11.1 Å². The van der Waals surface area contributed by atoms with E-state index in [0.717, 1.165) is 5.56 Å². The fraction of sp³-hybridized carbons (Fsp3) is 0.0625. The molecule has 0 unspecified atom stereocenters. The van der Waals surface area contributed by atoms with Crippen LogP contribution in [-0.2, 0) is 0 Å². The van der Waals surface area contributed by atoms with Crippen LogP contribution >= 0.6 is 0 Å². The molecule has 0 aliphatic carbocycles. The maximum atomic E-state index is 12.5. The van der Waals surface area contributed by atoms with E-state index >= 15 is 0 Å². The molecule has 0 aliphatic rings. The van der Waals surface area contributed by atoms with Crippen molar-refractivity contribution in [1.82, 2.24) is 9.97 Å². The molecule has 1 heterocycles. The molecule has 5 nitrogen and oxygen atoms in total. The van der Waals surface area contributed by atoms with Gasteiger partial charge in [-0.05, 0) is 36.8 Å². The number of amides is 1. The van der Waals surface area contributed by atoms with Crippen LogP contribution in [0.25, 0.3) is 11.0 Å². The molecule has 0 fully saturated rings. The summed E-state index contributed by atoms with van der Waals surface area (Å²) in [5.41, 5.74) is 9.80. The number of hydrogen-bond donors (Lipinski definition) is 2. The number of hydrogen-bond acceptors (Lipinski definition) is 4. The standard InChI is InChI=1S/C16H14N4O/c1-10-12(17)5-3-6-13(10)20-16(21)11-4-2-7-14-15(11)19-9-8-18-14/h2-9H,17H2,1H3,(H,20,21). The smallest absolute Gasteiger partial charge is 0.257 e. The van der Waals surface area contributed by atoms with Gasteiger partial charge in [-0.2, -0.15) is 0 Å². The van der Waals surface area contributed by atoms with Crippen molar-refractivity contribution >= 4 is 28.3 Å². The number of nitrogens with one attached hydrogen (secondary N) is 1. The average Bonchev–Trinajstić information content (AvgIpc) is 2.51. The lowest BCUT2D eigenvalue weighted by Gasteiger charge is -2.11. The number of nitrogens with zero attached hydrogens (tertiary/aromatic N) is 2. The van der Waals surface area contributed by atoms with Crippen molar-refractivity contribution in [2.24, 2.45) is 0 Å². The van der Waals surface area contributed by atoms with Crippen LogP contribution in [0.3, 0.4) is 0 Å². The third-order valence-corrected chi connectivity index (χ3v) is 3.37. The Hall–Kier alpha value is -2.95. The summed E-state index contributed by atoms with van der Waals surface area (Å²) in [5.74, 6) is -0.227. The van der Waals surface area contributed by atoms with E-state index in [2.05, 4.69) is 15.3 Å². The summed E-state index contributed by atoms with van der Waals surface area (Å²) in [6, 6.07) is 10.8. The summed E-state index contributed by atoms with van der Waals surface area (Å²) in [6.07, 6.45) is 3.18. The maximum Gasteiger partial charge on any atom is 0.257 e. The van der Waals surface area contributed by atoms with E-state index in [9.17, 15) is 4.79 Å². The van der Waals surface area contributed by atoms with Gasteiger partial charge in [-0.3, -0.25) is 14.8 Å². The number of nitrogens with two attached hydrogens (primary N) is 1. The molecule has 0 saturated carbocycles. The van der Waals surface area contributed by atoms with E-state index in [1.54, 1.807) is 36.7 Å². The van der Waals surface area contributed by atoms with Crippen molar-refractivity contribution in [1.29, 1.82) is 0 Å². The molecule has 0 saturated heterocycles. The predicted octanol–water partition coefficient (Wildman–Crippen LogP) is 2.77. The number of carbonyl (C=O) groups excluding carboxylic acids is 1. The number of aromatic nitrogens is 2. The first-order valence-electron chi connectivity index (χ1n) is 6.53. The van der Waals surface area contributed by atoms with Crippen LogP contribution < -0.4 is 11.1 Å². The number of carbonyl (C=O) groups is 1. The van der Waals surface area contributed by atoms with Gasteiger partial charge in [-0.25, -0.2) is 0 Å². The molecule has 2 aromatic carbocycles. The SMILES string of the molecule is Cc1c(N)cccc1NC(=O)c1cccc2nccnc12. The first kappa shape index (κ1) is 13.1. The Morgan fingerprint density at radius 3 is 2.71 bits per heavy atom. The monoisotopic (exact) mass is 278 g/mol. The Morgan fingerprint density at radius 1 is 1.10 bits per heavy atom. The quantitative estimate of drug-likeness (QED) is 0.706. The van der Waals surface area contributed by atoms with Crippen LogP contribution in [-0.4, -0.2) is 15.9 Å². The van der Waals surface area contributed by atoms with Crippen molar-refractivity contribution in [3.05, 3.63) is 59.9 Å². The second-order valence-electron chi connectivity index (χ2n) is 4.70. The zero-order chi connectivity index (χ0) is 14.8. The zero-order valence-electron chi connectivity index (χ0n) is 11.5. The Kier molecular flexibility index (Phi) is 3.23. The number of fused-ring (bicyclic) bond motifs is 1. The highest BCUT2D eigenvalue weighted by atomic mass is 16.1. The summed E-state index contributed by atoms with van der Waals surface area (Å²) in [7, 11) is 0. The topological polar surface area (TPSA) is 80.9 Å². The Labute approximate surface area is 121 Å². The lowest BCUT2D eigenvalue weighted by Crippen LogP contribution is -2.14. The summed E-state index contributed by atoms with van der Waals surface area (Å²) >= 11 is 0. The first-order valence-corrected chi connectivity index (χ1v) is 6.53. The highest BCUT2D eigenvalue weighted by Gasteiger charge is 2.13. The molecule has 0 atom stereocenters. The molecular weight excluding hydrogens is 264 g/mol. The molecule has 1 aromatic heterocycles. The molecule has 5 heteroatoms. The van der Waals surface area contributed by atoms with Gasteiger partial charge in [0.25, 0.3) is 5.91 Å². The molecule has 3 rings (SSSR count). The van der Waals surface area contributed by atoms with Crippen LogP contribution in [0.4, 0.5) is 11.4 Å². The Morgan fingerprint density at radius 2 is 1.86 bits per heavy atom. The largest absolute Gasteiger partial charge is 0.398 e. The van der Waals surface area contributed by atoms with Crippen molar-refractivity contribution in [2.75, 3.05) is 11.1 Å². The normalized spacial score (nSPS) is 10.5. The van der Waals surface area contributed by atoms with E-state index in [0.29, 0.717) is 28.0 Å². The fourth-order valence-corrected chi connectivity index (χ4v) is 2.15. The first-order chi connectivity index (χ1) is 10.2. The van der Waals surface area contributed by atoms with Crippen LogP contribution in [0.15, 0.2) is 48.8 Å². The van der Waals surface area contributed by atoms with Crippen molar-refractivity contribution in [2.45, 2.75) is 6.92 Å². The average molecular weight is 278 g/mol. The highest BCUT2D eigenvalue weighted by molar-refractivity contribution is 6.11. The number of anilines is 2. The van der Waals surface area contributed by atoms with E-state index in [1.807, 2.05) is 19.1 Å². The molecule has 0 radical (unpaired) electrons. The highest BCUT2D eigenvalue weighted by Crippen LogP contribution is 2.22. The lowest BCUT2D eigenvalue weighted by atomic mass is 10.1. The number of nitrogen functional groups attached to an aromatic ring is 1. The van der Waals surface area contributed by atoms with Gasteiger partial charge in [-0.1, -0.05) is 12.1 Å². The van der Waals surface area contributed by atoms with Gasteiger partial charge < -0.3 is 11.1 Å². The Balaban J connectivity index is 2.00. The van der Waals surface area contributed by atoms with Crippen LogP contribution in [0.2, 0.25) is 0 Å². The number of rotatable bonds is 2. The second-order valence-corrected chi connectivity index (χ2v) is 4.70. The molecule has 0 bridgehead atoms. The summed E-state index contributed by atoms with van der Waals surface area (Å²) in [4.78, 5) is 20.9. The fourth-order valence-electron chi connectivity index (χ4n) is 2.15. The Bertz CT molecular complexity index is 824. The van der Waals surface area contributed by atoms with Gasteiger partial charge in [0, 0.05) is 23.8 Å². The van der Waals surface area contributed by atoms with E-state index in [-0.39, 0.29) is 5.91 Å². The molecule has 3 N–H and O–H groups in total. The predicted molar refractivity (Wildman–Crippen MR) is 83.1 cm³/mol. The van der Waals surface area contributed by atoms with Gasteiger partial charge in [-0.15, -0.1) is 0 Å². The van der Waals surface area contributed by atoms with Crippen LogP contribution in [0, 0.1) is 6.92 Å². The van der Waals surface area contributed by atoms with Crippen LogP contribution in [0.5, 0.6) is 0 Å². The lowest BCUT2D eigenvalue weighted by molar-refractivity contribution is 0.102. The molecule has 0 aliphatic heterocycles. The number of para-hydroxylation sites is 1. The van der Waals surface area contributed by atoms with Crippen molar-refractivity contribution in [3.63, 3.8) is 0 Å².